The molecule has 1 fully saturated rings. The van der Waals surface area contributed by atoms with Gasteiger partial charge in [-0.1, -0.05) is 19.9 Å². The van der Waals surface area contributed by atoms with Crippen LogP contribution in [0.5, 0.6) is 0 Å². The number of hydrogen-bond acceptors (Lipinski definition) is 6. The number of thiophene rings is 1. The van der Waals surface area contributed by atoms with Crippen molar-refractivity contribution in [1.82, 2.24) is 13.9 Å². The molecule has 0 unspecified atom stereocenters. The first-order valence-corrected chi connectivity index (χ1v) is 13.3. The van der Waals surface area contributed by atoms with E-state index < -0.39 is 27.3 Å². The van der Waals surface area contributed by atoms with Crippen LogP contribution in [0.15, 0.2) is 34.2 Å². The summed E-state index contributed by atoms with van der Waals surface area (Å²) >= 11 is 1.15. The molecule has 0 radical (unpaired) electrons. The molecule has 0 bridgehead atoms. The van der Waals surface area contributed by atoms with Crippen LogP contribution in [0.25, 0.3) is 10.2 Å². The zero-order valence-electron chi connectivity index (χ0n) is 19.5. The highest BCUT2D eigenvalue weighted by molar-refractivity contribution is 7.89. The summed E-state index contributed by atoms with van der Waals surface area (Å²) in [6.07, 6.45) is 2.18. The van der Waals surface area contributed by atoms with Crippen LogP contribution in [0.2, 0.25) is 0 Å². The molecule has 34 heavy (non-hydrogen) atoms. The molecular formula is C23H27FN4O4S2. The molecule has 1 N–H and O–H groups in total. The van der Waals surface area contributed by atoms with Gasteiger partial charge in [-0.15, -0.1) is 11.3 Å². The van der Waals surface area contributed by atoms with Crippen molar-refractivity contribution in [2.45, 2.75) is 45.6 Å². The summed E-state index contributed by atoms with van der Waals surface area (Å²) in [5.41, 5.74) is 0.109. The Balaban J connectivity index is 1.68. The Bertz CT molecular complexity index is 1420. The smallest absolute Gasteiger partial charge is 0.263 e. The Morgan fingerprint density at radius 3 is 2.56 bits per heavy atom. The fourth-order valence-electron chi connectivity index (χ4n) is 4.49. The number of benzene rings is 1. The zero-order valence-corrected chi connectivity index (χ0v) is 21.1. The molecule has 0 aliphatic carbocycles. The van der Waals surface area contributed by atoms with Crippen molar-refractivity contribution in [3.05, 3.63) is 51.1 Å². The molecule has 2 aromatic heterocycles. The predicted octanol–water partition coefficient (Wildman–Crippen LogP) is 3.52. The van der Waals surface area contributed by atoms with Crippen molar-refractivity contribution in [2.75, 3.05) is 18.4 Å². The number of fused-ring (bicyclic) bond motifs is 1. The first-order chi connectivity index (χ1) is 16.0. The molecule has 11 heteroatoms. The maximum absolute atomic E-state index is 13.8. The highest BCUT2D eigenvalue weighted by atomic mass is 32.2. The van der Waals surface area contributed by atoms with E-state index in [0.29, 0.717) is 28.4 Å². The van der Waals surface area contributed by atoms with Gasteiger partial charge >= 0.3 is 0 Å². The van der Waals surface area contributed by atoms with Crippen LogP contribution in [0, 0.1) is 31.5 Å². The van der Waals surface area contributed by atoms with E-state index in [1.54, 1.807) is 19.9 Å². The number of carbonyl (C=O) groups excluding carboxylic acids is 1. The number of nitrogens with zero attached hydrogens (tertiary/aromatic N) is 3. The van der Waals surface area contributed by atoms with Crippen molar-refractivity contribution >= 4 is 43.2 Å². The normalized spacial score (nSPS) is 19.4. The lowest BCUT2D eigenvalue weighted by Gasteiger charge is -2.34. The minimum atomic E-state index is -3.92. The van der Waals surface area contributed by atoms with E-state index in [1.807, 2.05) is 13.8 Å². The maximum Gasteiger partial charge on any atom is 0.263 e. The third-order valence-corrected chi connectivity index (χ3v) is 9.15. The molecule has 182 valence electrons. The second-order valence-corrected chi connectivity index (χ2v) is 12.2. The summed E-state index contributed by atoms with van der Waals surface area (Å²) in [6.45, 7) is 7.72. The molecule has 0 saturated carbocycles. The Labute approximate surface area is 201 Å². The number of carbonyl (C=O) groups is 1. The summed E-state index contributed by atoms with van der Waals surface area (Å²) in [6, 6.07) is 4.30. The Morgan fingerprint density at radius 2 is 1.91 bits per heavy atom. The lowest BCUT2D eigenvalue weighted by atomic mass is 9.94. The van der Waals surface area contributed by atoms with E-state index in [4.69, 9.17) is 0 Å². The van der Waals surface area contributed by atoms with Gasteiger partial charge < -0.3 is 5.32 Å². The van der Waals surface area contributed by atoms with Crippen LogP contribution >= 0.6 is 11.3 Å². The van der Waals surface area contributed by atoms with Crippen LogP contribution < -0.4 is 10.9 Å². The largest absolute Gasteiger partial charge is 0.324 e. The van der Waals surface area contributed by atoms with Gasteiger partial charge in [0.1, 0.15) is 22.1 Å². The maximum atomic E-state index is 13.8. The number of sulfonamides is 1. The Hall–Kier alpha value is -2.63. The lowest BCUT2D eigenvalue weighted by Crippen LogP contribution is -2.42. The van der Waals surface area contributed by atoms with Gasteiger partial charge in [-0.3, -0.25) is 14.2 Å². The highest BCUT2D eigenvalue weighted by Crippen LogP contribution is 2.35. The van der Waals surface area contributed by atoms with Crippen molar-refractivity contribution in [2.24, 2.45) is 11.8 Å². The number of amides is 1. The Kier molecular flexibility index (Phi) is 6.63. The van der Waals surface area contributed by atoms with Gasteiger partial charge in [0.2, 0.25) is 15.9 Å². The molecule has 1 aliphatic rings. The van der Waals surface area contributed by atoms with Gasteiger partial charge in [0.15, 0.2) is 0 Å². The summed E-state index contributed by atoms with van der Waals surface area (Å²) in [5, 5.41) is 2.56. The van der Waals surface area contributed by atoms with E-state index in [1.165, 1.54) is 22.8 Å². The number of nitrogens with one attached hydrogen (secondary N) is 1. The number of anilines is 1. The predicted molar refractivity (Wildman–Crippen MR) is 130 cm³/mol. The fourth-order valence-corrected chi connectivity index (χ4v) is 7.84. The summed E-state index contributed by atoms with van der Waals surface area (Å²) in [5.74, 6) is -0.577. The number of piperidine rings is 1. The molecule has 4 rings (SSSR count). The highest BCUT2D eigenvalue weighted by Gasteiger charge is 2.35. The van der Waals surface area contributed by atoms with Crippen molar-refractivity contribution in [3.63, 3.8) is 0 Å². The van der Waals surface area contributed by atoms with Crippen molar-refractivity contribution < 1.29 is 17.6 Å². The number of aromatic nitrogens is 2. The van der Waals surface area contributed by atoms with Crippen LogP contribution in [0.4, 0.5) is 10.1 Å². The van der Waals surface area contributed by atoms with Gasteiger partial charge in [-0.25, -0.2) is 17.8 Å². The molecule has 3 aromatic rings. The van der Waals surface area contributed by atoms with Crippen LogP contribution in [-0.2, 0) is 21.4 Å². The third kappa shape index (κ3) is 4.64. The van der Waals surface area contributed by atoms with Crippen LogP contribution in [-0.4, -0.2) is 41.3 Å². The average molecular weight is 507 g/mol. The minimum Gasteiger partial charge on any atom is -0.324 e. The molecule has 1 amide bonds. The second-order valence-electron chi connectivity index (χ2n) is 9.13. The number of hydrogen-bond donors (Lipinski definition) is 1. The topological polar surface area (TPSA) is 101 Å². The summed E-state index contributed by atoms with van der Waals surface area (Å²) in [7, 11) is -3.92. The standard InChI is InChI=1S/C23H27FN4O4S2/c1-13-7-14(2)10-28(9-13)34(31,32)21-16(4)33-22-20(21)23(30)27(12-25-22)11-19(29)26-17-6-5-15(3)18(24)8-17/h5-6,8,12-14H,7,9-11H2,1-4H3,(H,26,29)/t13-,14-/m0/s1. The van der Waals surface area contributed by atoms with E-state index in [0.717, 1.165) is 22.3 Å². The first kappa shape index (κ1) is 24.5. The quantitative estimate of drug-likeness (QED) is 0.571. The van der Waals surface area contributed by atoms with Gasteiger partial charge in [0.25, 0.3) is 5.56 Å². The summed E-state index contributed by atoms with van der Waals surface area (Å²) in [4.78, 5) is 30.9. The van der Waals surface area contributed by atoms with E-state index in [-0.39, 0.29) is 34.3 Å². The molecular weight excluding hydrogens is 479 g/mol. The van der Waals surface area contributed by atoms with Crippen LogP contribution in [0.3, 0.4) is 0 Å². The third-order valence-electron chi connectivity index (χ3n) is 6.00. The van der Waals surface area contributed by atoms with Gasteiger partial charge in [0.05, 0.1) is 11.7 Å². The Morgan fingerprint density at radius 1 is 1.24 bits per heavy atom. The second kappa shape index (κ2) is 9.20. The molecule has 8 nitrogen and oxygen atoms in total. The van der Waals surface area contributed by atoms with Gasteiger partial charge in [-0.05, 0) is 49.8 Å². The minimum absolute atomic E-state index is 0.00469. The number of halogens is 1. The van der Waals surface area contributed by atoms with E-state index >= 15 is 0 Å². The molecule has 1 aromatic carbocycles. The van der Waals surface area contributed by atoms with Gasteiger partial charge in [-0.2, -0.15) is 4.31 Å². The SMILES string of the molecule is Cc1ccc(NC(=O)Cn2cnc3sc(C)c(S(=O)(=O)N4C[C@@H](C)C[C@H](C)C4)c3c2=O)cc1F. The van der Waals surface area contributed by atoms with Crippen molar-refractivity contribution in [3.8, 4) is 0 Å². The molecule has 0 spiro atoms. The monoisotopic (exact) mass is 506 g/mol. The summed E-state index contributed by atoms with van der Waals surface area (Å²) < 4.78 is 43.5. The average Bonchev–Trinajstić information content (AvgIpc) is 3.09. The zero-order chi connectivity index (χ0) is 24.8. The number of rotatable bonds is 5. The van der Waals surface area contributed by atoms with E-state index in [9.17, 15) is 22.4 Å². The molecule has 1 aliphatic heterocycles. The molecule has 2 atom stereocenters. The first-order valence-electron chi connectivity index (χ1n) is 11.0. The van der Waals surface area contributed by atoms with Crippen LogP contribution in [0.1, 0.15) is 30.7 Å². The fraction of sp³-hybridized carbons (Fsp3) is 0.435. The molecule has 1 saturated heterocycles. The lowest BCUT2D eigenvalue weighted by molar-refractivity contribution is -0.116. The van der Waals surface area contributed by atoms with Crippen molar-refractivity contribution in [1.29, 1.82) is 0 Å². The van der Waals surface area contributed by atoms with E-state index in [2.05, 4.69) is 10.3 Å². The molecule has 3 heterocycles. The number of aryl methyl sites for hydroxylation is 2. The van der Waals surface area contributed by atoms with Gasteiger partial charge in [0, 0.05) is 23.7 Å².